The van der Waals surface area contributed by atoms with Crippen LogP contribution in [0.4, 0.5) is 11.6 Å². The van der Waals surface area contributed by atoms with Gasteiger partial charge in [0.2, 0.25) is 0 Å². The highest BCUT2D eigenvalue weighted by Crippen LogP contribution is 2.32. The molecule has 4 aliphatic rings. The zero-order valence-corrected chi connectivity index (χ0v) is 38.9. The number of imidazole rings is 2. The van der Waals surface area contributed by atoms with Gasteiger partial charge in [0.1, 0.15) is 46.6 Å². The zero-order chi connectivity index (χ0) is 45.6. The van der Waals surface area contributed by atoms with Crippen LogP contribution < -0.4 is 26.2 Å². The highest BCUT2D eigenvalue weighted by atomic mass is 35.5. The minimum Gasteiger partial charge on any atom is -0.381 e. The van der Waals surface area contributed by atoms with Gasteiger partial charge in [-0.3, -0.25) is 14.5 Å². The van der Waals surface area contributed by atoms with Crippen molar-refractivity contribution in [3.05, 3.63) is 92.6 Å². The largest absolute Gasteiger partial charge is 0.381 e. The molecule has 3 N–H and O–H groups in total. The SMILES string of the molecule is CC1CN(Cc2nccc(N(C)C)n2)CC1c1nn2c(C3CCOCC3)ncc2c(=O)[nH]1.CC1CNCC1c1nn2c(C3CCOCC3)ncc2c(=O)[nH]1.CN(C)c1ccnc(CCl)n1. The van der Waals surface area contributed by atoms with Crippen molar-refractivity contribution in [2.24, 2.45) is 11.8 Å². The summed E-state index contributed by atoms with van der Waals surface area (Å²) in [6.45, 7) is 11.5. The van der Waals surface area contributed by atoms with Crippen LogP contribution in [-0.4, -0.2) is 145 Å². The van der Waals surface area contributed by atoms with Crippen molar-refractivity contribution in [2.45, 2.75) is 75.6 Å². The summed E-state index contributed by atoms with van der Waals surface area (Å²) in [5.74, 6) is 8.66. The fourth-order valence-corrected chi connectivity index (χ4v) is 9.14. The molecule has 20 nitrogen and oxygen atoms in total. The number of aromatic nitrogens is 12. The van der Waals surface area contributed by atoms with Crippen molar-refractivity contribution >= 4 is 34.3 Å². The van der Waals surface area contributed by atoms with E-state index in [0.717, 1.165) is 119 Å². The lowest BCUT2D eigenvalue weighted by molar-refractivity contribution is 0.0831. The Kier molecular flexibility index (Phi) is 14.8. The zero-order valence-electron chi connectivity index (χ0n) is 38.2. The molecule has 0 spiro atoms. The quantitative estimate of drug-likeness (QED) is 0.177. The lowest BCUT2D eigenvalue weighted by Crippen LogP contribution is -2.24. The summed E-state index contributed by atoms with van der Waals surface area (Å²) in [7, 11) is 7.81. The van der Waals surface area contributed by atoms with E-state index in [1.54, 1.807) is 33.8 Å². The average Bonchev–Trinajstić information content (AvgIpc) is 4.14. The number of H-pyrrole nitrogens is 2. The van der Waals surface area contributed by atoms with Crippen molar-refractivity contribution < 1.29 is 9.47 Å². The van der Waals surface area contributed by atoms with Gasteiger partial charge in [-0.25, -0.2) is 38.9 Å². The van der Waals surface area contributed by atoms with Gasteiger partial charge in [-0.15, -0.1) is 11.6 Å². The Morgan fingerprint density at radius 2 is 1.18 bits per heavy atom. The third kappa shape index (κ3) is 10.7. The van der Waals surface area contributed by atoms with Crippen molar-refractivity contribution in [1.29, 1.82) is 0 Å². The van der Waals surface area contributed by atoms with Crippen molar-refractivity contribution in [3.8, 4) is 0 Å². The molecule has 0 radical (unpaired) electrons. The number of likely N-dealkylation sites (tertiary alicyclic amines) is 1. The van der Waals surface area contributed by atoms with Gasteiger partial charge in [0.15, 0.2) is 11.0 Å². The molecule has 348 valence electrons. The predicted molar refractivity (Wildman–Crippen MR) is 247 cm³/mol. The molecule has 4 fully saturated rings. The second-order valence-electron chi connectivity index (χ2n) is 17.9. The first-order valence-corrected chi connectivity index (χ1v) is 23.1. The van der Waals surface area contributed by atoms with Gasteiger partial charge in [0.25, 0.3) is 11.1 Å². The Morgan fingerprint density at radius 3 is 1.68 bits per heavy atom. The lowest BCUT2D eigenvalue weighted by Gasteiger charge is -2.21. The first-order valence-electron chi connectivity index (χ1n) is 22.6. The van der Waals surface area contributed by atoms with E-state index in [9.17, 15) is 9.59 Å². The molecule has 0 bridgehead atoms. The highest BCUT2D eigenvalue weighted by Gasteiger charge is 2.34. The topological polar surface area (TPSA) is 218 Å². The van der Waals surface area contributed by atoms with E-state index >= 15 is 0 Å². The Bertz CT molecular complexity index is 2640. The molecule has 6 aromatic heterocycles. The number of fused-ring (bicyclic) bond motifs is 2. The Balaban J connectivity index is 0.000000150. The van der Waals surface area contributed by atoms with Crippen molar-refractivity contribution in [2.75, 3.05) is 90.6 Å². The van der Waals surface area contributed by atoms with Crippen LogP contribution >= 0.6 is 11.6 Å². The fraction of sp³-hybridized carbons (Fsp3) is 0.591. The summed E-state index contributed by atoms with van der Waals surface area (Å²) in [6, 6.07) is 3.75. The summed E-state index contributed by atoms with van der Waals surface area (Å²) in [4.78, 5) is 63.6. The fourth-order valence-electron chi connectivity index (χ4n) is 9.01. The number of hydrogen-bond donors (Lipinski definition) is 3. The molecule has 0 saturated carbocycles. The second kappa shape index (κ2) is 20.8. The molecule has 0 aliphatic carbocycles. The van der Waals surface area contributed by atoms with Gasteiger partial charge in [-0.05, 0) is 56.2 Å². The van der Waals surface area contributed by atoms with E-state index in [1.807, 2.05) is 50.1 Å². The van der Waals surface area contributed by atoms with E-state index in [4.69, 9.17) is 31.3 Å². The van der Waals surface area contributed by atoms with Gasteiger partial charge in [-0.2, -0.15) is 10.2 Å². The van der Waals surface area contributed by atoms with E-state index in [1.165, 1.54) is 0 Å². The number of halogens is 1. The molecular formula is C44H61ClN16O4. The summed E-state index contributed by atoms with van der Waals surface area (Å²) in [5, 5.41) is 13.0. The molecule has 4 atom stereocenters. The first-order chi connectivity index (χ1) is 31.5. The first kappa shape index (κ1) is 46.1. The second-order valence-corrected chi connectivity index (χ2v) is 18.2. The van der Waals surface area contributed by atoms with Crippen LogP contribution in [0, 0.1) is 11.8 Å². The molecule has 21 heteroatoms. The molecule has 4 saturated heterocycles. The summed E-state index contributed by atoms with van der Waals surface area (Å²) in [6.07, 6.45) is 10.5. The van der Waals surface area contributed by atoms with Crippen LogP contribution in [0.5, 0.6) is 0 Å². The van der Waals surface area contributed by atoms with Gasteiger partial charge in [0.05, 0.1) is 24.8 Å². The molecule has 0 amide bonds. The van der Waals surface area contributed by atoms with Gasteiger partial charge >= 0.3 is 0 Å². The van der Waals surface area contributed by atoms with Gasteiger partial charge < -0.3 is 34.6 Å². The molecule has 4 unspecified atom stereocenters. The van der Waals surface area contributed by atoms with Crippen LogP contribution in [-0.2, 0) is 21.9 Å². The molecule has 65 heavy (non-hydrogen) atoms. The van der Waals surface area contributed by atoms with Crippen LogP contribution in [0.15, 0.2) is 46.5 Å². The maximum Gasteiger partial charge on any atom is 0.276 e. The molecule has 10 heterocycles. The number of hydrogen-bond acceptors (Lipinski definition) is 16. The van der Waals surface area contributed by atoms with Crippen LogP contribution in [0.3, 0.4) is 0 Å². The maximum atomic E-state index is 12.8. The van der Waals surface area contributed by atoms with Crippen LogP contribution in [0.2, 0.25) is 0 Å². The van der Waals surface area contributed by atoms with Gasteiger partial charge in [-0.1, -0.05) is 13.8 Å². The number of aromatic amines is 2. The van der Waals surface area contributed by atoms with Crippen molar-refractivity contribution in [3.63, 3.8) is 0 Å². The normalized spacial score (nSPS) is 21.8. The Labute approximate surface area is 382 Å². The number of rotatable bonds is 9. The third-order valence-electron chi connectivity index (χ3n) is 12.8. The number of nitrogens with one attached hydrogen (secondary N) is 3. The van der Waals surface area contributed by atoms with Crippen LogP contribution in [0.25, 0.3) is 11.0 Å². The summed E-state index contributed by atoms with van der Waals surface area (Å²) < 4.78 is 14.4. The number of anilines is 2. The predicted octanol–water partition coefficient (Wildman–Crippen LogP) is 3.32. The van der Waals surface area contributed by atoms with Crippen molar-refractivity contribution in [1.82, 2.24) is 69.3 Å². The van der Waals surface area contributed by atoms with Gasteiger partial charge in [0, 0.05) is 110 Å². The molecular weight excluding hydrogens is 852 g/mol. The van der Waals surface area contributed by atoms with Crippen LogP contribution in [0.1, 0.15) is 98.1 Å². The minimum absolute atomic E-state index is 0.102. The van der Waals surface area contributed by atoms with E-state index in [0.29, 0.717) is 47.0 Å². The van der Waals surface area contributed by atoms with E-state index in [2.05, 4.69) is 63.9 Å². The minimum atomic E-state index is -0.131. The average molecular weight is 914 g/mol. The highest BCUT2D eigenvalue weighted by molar-refractivity contribution is 6.16. The summed E-state index contributed by atoms with van der Waals surface area (Å²) in [5.41, 5.74) is 0.805. The molecule has 4 aliphatic heterocycles. The Morgan fingerprint density at radius 1 is 0.677 bits per heavy atom. The molecule has 6 aromatic rings. The van der Waals surface area contributed by atoms with E-state index < -0.39 is 0 Å². The third-order valence-corrected chi connectivity index (χ3v) is 13.0. The van der Waals surface area contributed by atoms with E-state index in [-0.39, 0.29) is 28.9 Å². The number of alkyl halides is 1. The summed E-state index contributed by atoms with van der Waals surface area (Å²) >= 11 is 5.56. The number of ether oxygens (including phenoxy) is 2. The Hall–Kier alpha value is -5.41. The smallest absolute Gasteiger partial charge is 0.276 e. The lowest BCUT2D eigenvalue weighted by atomic mass is 9.97. The molecule has 0 aromatic carbocycles. The molecule has 10 rings (SSSR count). The maximum absolute atomic E-state index is 12.8. The standard InChI is InChI=1S/C22H30N8O2.C15H21N5O2.C7H10ClN3/c1-14-11-29(13-18-23-7-4-19(25-18)28(2)3)12-16(14)20-26-22(31)17-10-24-21(30(17)27-20)15-5-8-32-9-6-15;1-9-6-16-7-11(9)13-18-15(21)12-8-17-14(20(12)19-13)10-2-4-22-5-3-10;1-11(2)7-3-4-9-6(5-8)10-7/h4,7,10,14-16H,5-6,8-9,11-13H2,1-3H3,(H,26,27,31);8-11,16H,2-7H2,1H3,(H,18,19,21);3-4H,5H2,1-2H3. The number of nitrogens with zero attached hydrogens (tertiary/aromatic N) is 13. The monoisotopic (exact) mass is 912 g/mol.